The first-order chi connectivity index (χ1) is 9.69. The van der Waals surface area contributed by atoms with Gasteiger partial charge in [-0.1, -0.05) is 6.07 Å². The predicted molar refractivity (Wildman–Crippen MR) is 72.4 cm³/mol. The zero-order valence-corrected chi connectivity index (χ0v) is 11.4. The van der Waals surface area contributed by atoms with Crippen molar-refractivity contribution in [1.82, 2.24) is 5.32 Å². The van der Waals surface area contributed by atoms with Crippen molar-refractivity contribution in [2.75, 3.05) is 19.8 Å². The van der Waals surface area contributed by atoms with Crippen LogP contribution in [-0.4, -0.2) is 30.5 Å². The van der Waals surface area contributed by atoms with E-state index in [2.05, 4.69) is 5.32 Å². The summed E-state index contributed by atoms with van der Waals surface area (Å²) in [5.74, 6) is -0.493. The second kappa shape index (κ2) is 6.80. The molecule has 2 N–H and O–H groups in total. The van der Waals surface area contributed by atoms with Crippen molar-refractivity contribution in [2.24, 2.45) is 0 Å². The fourth-order valence-corrected chi connectivity index (χ4v) is 2.55. The first-order valence-corrected chi connectivity index (χ1v) is 6.81. The molecular formula is C15H19FN2O2. The predicted octanol–water partition coefficient (Wildman–Crippen LogP) is 1.72. The van der Waals surface area contributed by atoms with E-state index in [9.17, 15) is 9.50 Å². The van der Waals surface area contributed by atoms with Crippen LogP contribution >= 0.6 is 0 Å². The van der Waals surface area contributed by atoms with Gasteiger partial charge in [0, 0.05) is 31.9 Å². The summed E-state index contributed by atoms with van der Waals surface area (Å²) in [7, 11) is 0. The van der Waals surface area contributed by atoms with E-state index in [1.807, 2.05) is 6.07 Å². The maximum atomic E-state index is 13.3. The van der Waals surface area contributed by atoms with E-state index < -0.39 is 5.82 Å². The number of nitriles is 1. The molecule has 4 nitrogen and oxygen atoms in total. The number of aliphatic hydroxyl groups is 1. The summed E-state index contributed by atoms with van der Waals surface area (Å²) in [6.45, 7) is 2.04. The lowest BCUT2D eigenvalue weighted by Gasteiger charge is -2.38. The average Bonchev–Trinajstić information content (AvgIpc) is 2.48. The van der Waals surface area contributed by atoms with Gasteiger partial charge in [-0.3, -0.25) is 0 Å². The molecule has 0 aliphatic carbocycles. The topological polar surface area (TPSA) is 65.3 Å². The molecule has 0 radical (unpaired) electrons. The van der Waals surface area contributed by atoms with E-state index in [1.165, 1.54) is 6.07 Å². The minimum absolute atomic E-state index is 0.0625. The quantitative estimate of drug-likeness (QED) is 0.860. The number of nitrogens with one attached hydrogen (secondary N) is 1. The van der Waals surface area contributed by atoms with Crippen LogP contribution in [0.1, 0.15) is 30.4 Å². The summed E-state index contributed by atoms with van der Waals surface area (Å²) in [4.78, 5) is 0. The van der Waals surface area contributed by atoms with Crippen LogP contribution in [0.25, 0.3) is 0 Å². The van der Waals surface area contributed by atoms with Gasteiger partial charge in [0.05, 0.1) is 5.56 Å². The third-order valence-corrected chi connectivity index (χ3v) is 3.86. The normalized spacial score (nSPS) is 17.6. The monoisotopic (exact) mass is 278 g/mol. The van der Waals surface area contributed by atoms with Gasteiger partial charge >= 0.3 is 0 Å². The molecule has 2 rings (SSSR count). The summed E-state index contributed by atoms with van der Waals surface area (Å²) in [6, 6.07) is 6.40. The molecule has 1 heterocycles. The van der Waals surface area contributed by atoms with Gasteiger partial charge in [0.25, 0.3) is 0 Å². The zero-order valence-electron chi connectivity index (χ0n) is 11.4. The van der Waals surface area contributed by atoms with Crippen LogP contribution in [0.5, 0.6) is 0 Å². The molecule has 1 aliphatic heterocycles. The minimum Gasteiger partial charge on any atom is -0.396 e. The molecule has 0 saturated carbocycles. The van der Waals surface area contributed by atoms with Crippen molar-refractivity contribution in [3.63, 3.8) is 0 Å². The molecule has 1 aliphatic rings. The Morgan fingerprint density at radius 3 is 2.80 bits per heavy atom. The van der Waals surface area contributed by atoms with E-state index in [0.717, 1.165) is 18.4 Å². The molecule has 0 aromatic heterocycles. The van der Waals surface area contributed by atoms with E-state index >= 15 is 0 Å². The van der Waals surface area contributed by atoms with Crippen molar-refractivity contribution in [3.05, 3.63) is 35.1 Å². The Balaban J connectivity index is 2.04. The van der Waals surface area contributed by atoms with E-state index in [0.29, 0.717) is 26.2 Å². The Morgan fingerprint density at radius 1 is 1.40 bits per heavy atom. The van der Waals surface area contributed by atoms with Crippen molar-refractivity contribution in [1.29, 1.82) is 5.26 Å². The fraction of sp³-hybridized carbons (Fsp3) is 0.533. The third-order valence-electron chi connectivity index (χ3n) is 3.86. The van der Waals surface area contributed by atoms with Gasteiger partial charge in [-0.25, -0.2) is 4.39 Å². The number of aliphatic hydroxyl groups excluding tert-OH is 1. The summed E-state index contributed by atoms with van der Waals surface area (Å²) in [5.41, 5.74) is 0.799. The second-order valence-corrected chi connectivity index (χ2v) is 5.15. The van der Waals surface area contributed by atoms with Gasteiger partial charge in [-0.2, -0.15) is 5.26 Å². The summed E-state index contributed by atoms with van der Waals surface area (Å²) < 4.78 is 18.6. The van der Waals surface area contributed by atoms with E-state index in [-0.39, 0.29) is 17.7 Å². The van der Waals surface area contributed by atoms with Gasteiger partial charge in [0.15, 0.2) is 0 Å². The van der Waals surface area contributed by atoms with Crippen LogP contribution in [0.3, 0.4) is 0 Å². The Labute approximate surface area is 118 Å². The molecule has 20 heavy (non-hydrogen) atoms. The summed E-state index contributed by atoms with van der Waals surface area (Å²) >= 11 is 0. The molecule has 0 amide bonds. The van der Waals surface area contributed by atoms with E-state index in [4.69, 9.17) is 10.00 Å². The number of nitrogens with zero attached hydrogens (tertiary/aromatic N) is 1. The van der Waals surface area contributed by atoms with Crippen LogP contribution in [0.2, 0.25) is 0 Å². The Hall–Kier alpha value is -1.48. The maximum Gasteiger partial charge on any atom is 0.140 e. The molecule has 1 saturated heterocycles. The first-order valence-electron chi connectivity index (χ1n) is 6.81. The molecule has 0 spiro atoms. The number of rotatable bonds is 5. The molecule has 5 heteroatoms. The summed E-state index contributed by atoms with van der Waals surface area (Å²) in [5, 5.41) is 21.5. The molecule has 0 unspecified atom stereocenters. The van der Waals surface area contributed by atoms with Crippen LogP contribution in [0.15, 0.2) is 18.2 Å². The lowest BCUT2D eigenvalue weighted by Crippen LogP contribution is -2.49. The SMILES string of the molecule is N#Cc1cc(CNC2(CCO)CCOCC2)ccc1F. The standard InChI is InChI=1S/C15H19FN2O2/c16-14-2-1-12(9-13(14)10-17)11-18-15(3-6-19)4-7-20-8-5-15/h1-2,9,18-19H,3-8,11H2. The lowest BCUT2D eigenvalue weighted by atomic mass is 9.86. The van der Waals surface area contributed by atoms with Gasteiger partial charge < -0.3 is 15.2 Å². The lowest BCUT2D eigenvalue weighted by molar-refractivity contribution is 0.0267. The van der Waals surface area contributed by atoms with Crippen molar-refractivity contribution >= 4 is 0 Å². The number of halogens is 1. The van der Waals surface area contributed by atoms with Gasteiger partial charge in [-0.15, -0.1) is 0 Å². The highest BCUT2D eigenvalue weighted by Gasteiger charge is 2.31. The van der Waals surface area contributed by atoms with Crippen molar-refractivity contribution in [3.8, 4) is 6.07 Å². The third kappa shape index (κ3) is 3.54. The minimum atomic E-state index is -0.493. The zero-order chi connectivity index (χ0) is 14.4. The van der Waals surface area contributed by atoms with Crippen molar-refractivity contribution < 1.29 is 14.2 Å². The number of hydrogen-bond acceptors (Lipinski definition) is 4. The highest BCUT2D eigenvalue weighted by molar-refractivity contribution is 5.34. The van der Waals surface area contributed by atoms with Crippen LogP contribution in [-0.2, 0) is 11.3 Å². The van der Waals surface area contributed by atoms with Gasteiger partial charge in [0.2, 0.25) is 0 Å². The van der Waals surface area contributed by atoms with Crippen LogP contribution in [0.4, 0.5) is 4.39 Å². The smallest absolute Gasteiger partial charge is 0.140 e. The average molecular weight is 278 g/mol. The molecule has 0 bridgehead atoms. The summed E-state index contributed by atoms with van der Waals surface area (Å²) in [6.07, 6.45) is 2.36. The molecule has 1 aromatic carbocycles. The maximum absolute atomic E-state index is 13.3. The first kappa shape index (κ1) is 14.9. The molecule has 108 valence electrons. The largest absolute Gasteiger partial charge is 0.396 e. The highest BCUT2D eigenvalue weighted by Crippen LogP contribution is 2.25. The van der Waals surface area contributed by atoms with Crippen LogP contribution in [0, 0.1) is 17.1 Å². The molecule has 0 atom stereocenters. The molecular weight excluding hydrogens is 259 g/mol. The van der Waals surface area contributed by atoms with Crippen LogP contribution < -0.4 is 5.32 Å². The molecule has 1 fully saturated rings. The number of hydrogen-bond donors (Lipinski definition) is 2. The Bertz CT molecular complexity index is 488. The van der Waals surface area contributed by atoms with Crippen molar-refractivity contribution in [2.45, 2.75) is 31.3 Å². The highest BCUT2D eigenvalue weighted by atomic mass is 19.1. The Morgan fingerprint density at radius 2 is 2.15 bits per heavy atom. The Kier molecular flexibility index (Phi) is 5.07. The number of benzene rings is 1. The van der Waals surface area contributed by atoms with Gasteiger partial charge in [0.1, 0.15) is 11.9 Å². The fourth-order valence-electron chi connectivity index (χ4n) is 2.55. The van der Waals surface area contributed by atoms with E-state index in [1.54, 1.807) is 12.1 Å². The molecule has 1 aromatic rings. The van der Waals surface area contributed by atoms with Gasteiger partial charge in [-0.05, 0) is 37.0 Å². The number of ether oxygens (including phenoxy) is 1. The second-order valence-electron chi connectivity index (χ2n) is 5.15.